The summed E-state index contributed by atoms with van der Waals surface area (Å²) in [4.78, 5) is 26.9. The third-order valence-corrected chi connectivity index (χ3v) is 5.64. The molecule has 1 aromatic carbocycles. The molecule has 28 heavy (non-hydrogen) atoms. The second-order valence-electron chi connectivity index (χ2n) is 7.47. The number of aryl methyl sites for hydroxylation is 1. The summed E-state index contributed by atoms with van der Waals surface area (Å²) in [6, 6.07) is 7.76. The summed E-state index contributed by atoms with van der Waals surface area (Å²) in [5.41, 5.74) is 1.67. The van der Waals surface area contributed by atoms with Crippen molar-refractivity contribution in [3.05, 3.63) is 30.1 Å². The largest absolute Gasteiger partial charge is 0.378 e. The van der Waals surface area contributed by atoms with Gasteiger partial charge in [-0.3, -0.25) is 4.79 Å². The minimum Gasteiger partial charge on any atom is -0.378 e. The number of para-hydroxylation sites is 1. The van der Waals surface area contributed by atoms with Crippen molar-refractivity contribution in [1.82, 2.24) is 24.5 Å². The Balaban J connectivity index is 1.60. The summed E-state index contributed by atoms with van der Waals surface area (Å²) in [5.74, 6) is 1.58. The molecule has 0 N–H and O–H groups in total. The Bertz CT molecular complexity index is 1030. The zero-order valence-electron chi connectivity index (χ0n) is 16.0. The highest BCUT2D eigenvalue weighted by Gasteiger charge is 2.35. The standard InChI is InChI=1S/C20H24N6O2/c1-14-21-18-15-6-2-3-7-16(15)22-20(26(18)23-14)25-9-5-4-8-17(25)19(27)24-10-12-28-13-11-24/h2-3,6-7,17H,4-5,8-13H2,1H3/t17-/m0/s1. The summed E-state index contributed by atoms with van der Waals surface area (Å²) in [6.07, 6.45) is 2.92. The number of aromatic nitrogens is 4. The molecular weight excluding hydrogens is 356 g/mol. The van der Waals surface area contributed by atoms with E-state index < -0.39 is 0 Å². The van der Waals surface area contributed by atoms with Gasteiger partial charge in [-0.2, -0.15) is 4.52 Å². The number of amides is 1. The van der Waals surface area contributed by atoms with Gasteiger partial charge in [-0.15, -0.1) is 5.10 Å². The summed E-state index contributed by atoms with van der Waals surface area (Å²) in [7, 11) is 0. The molecule has 0 unspecified atom stereocenters. The Labute approximate surface area is 163 Å². The van der Waals surface area contributed by atoms with Crippen molar-refractivity contribution >= 4 is 28.4 Å². The topological polar surface area (TPSA) is 75.9 Å². The van der Waals surface area contributed by atoms with E-state index in [2.05, 4.69) is 15.0 Å². The molecule has 2 aromatic heterocycles. The lowest BCUT2D eigenvalue weighted by molar-refractivity contribution is -0.137. The molecular formula is C20H24N6O2. The quantitative estimate of drug-likeness (QED) is 0.675. The molecule has 5 rings (SSSR count). The van der Waals surface area contributed by atoms with Gasteiger partial charge in [-0.25, -0.2) is 9.97 Å². The molecule has 8 nitrogen and oxygen atoms in total. The predicted octanol–water partition coefficient (Wildman–Crippen LogP) is 1.80. The Kier molecular flexibility index (Phi) is 4.35. The monoisotopic (exact) mass is 380 g/mol. The van der Waals surface area contributed by atoms with Crippen molar-refractivity contribution in [1.29, 1.82) is 0 Å². The summed E-state index contributed by atoms with van der Waals surface area (Å²) >= 11 is 0. The number of hydrogen-bond donors (Lipinski definition) is 0. The molecule has 2 aliphatic heterocycles. The van der Waals surface area contributed by atoms with E-state index in [4.69, 9.17) is 9.72 Å². The second kappa shape index (κ2) is 7.01. The van der Waals surface area contributed by atoms with Crippen LogP contribution >= 0.6 is 0 Å². The molecule has 0 spiro atoms. The molecule has 8 heteroatoms. The van der Waals surface area contributed by atoms with Crippen LogP contribution in [-0.2, 0) is 9.53 Å². The van der Waals surface area contributed by atoms with Crippen LogP contribution < -0.4 is 4.90 Å². The van der Waals surface area contributed by atoms with E-state index in [1.807, 2.05) is 40.6 Å². The maximum absolute atomic E-state index is 13.3. The predicted molar refractivity (Wildman–Crippen MR) is 105 cm³/mol. The molecule has 0 saturated carbocycles. The molecule has 2 saturated heterocycles. The molecule has 146 valence electrons. The average molecular weight is 380 g/mol. The fourth-order valence-electron chi connectivity index (χ4n) is 4.25. The molecule has 0 bridgehead atoms. The average Bonchev–Trinajstić information content (AvgIpc) is 3.15. The van der Waals surface area contributed by atoms with Gasteiger partial charge < -0.3 is 14.5 Å². The van der Waals surface area contributed by atoms with Gasteiger partial charge in [-0.1, -0.05) is 12.1 Å². The molecule has 0 radical (unpaired) electrons. The van der Waals surface area contributed by atoms with Crippen molar-refractivity contribution < 1.29 is 9.53 Å². The minimum absolute atomic E-state index is 0.169. The van der Waals surface area contributed by atoms with Gasteiger partial charge in [0.05, 0.1) is 18.7 Å². The molecule has 0 aliphatic carbocycles. The highest BCUT2D eigenvalue weighted by molar-refractivity contribution is 5.93. The Hall–Kier alpha value is -2.74. The Morgan fingerprint density at radius 3 is 2.79 bits per heavy atom. The number of rotatable bonds is 2. The number of hydrogen-bond acceptors (Lipinski definition) is 6. The van der Waals surface area contributed by atoms with E-state index in [0.29, 0.717) is 38.1 Å². The van der Waals surface area contributed by atoms with Gasteiger partial charge in [0.2, 0.25) is 11.9 Å². The number of morpholine rings is 1. The normalized spacial score (nSPS) is 20.8. The number of carbonyl (C=O) groups is 1. The first kappa shape index (κ1) is 17.4. The van der Waals surface area contributed by atoms with Crippen LogP contribution in [0.1, 0.15) is 25.1 Å². The van der Waals surface area contributed by atoms with Gasteiger partial charge in [0.1, 0.15) is 11.9 Å². The zero-order valence-corrected chi connectivity index (χ0v) is 16.0. The lowest BCUT2D eigenvalue weighted by Gasteiger charge is -2.39. The number of benzene rings is 1. The van der Waals surface area contributed by atoms with Gasteiger partial charge in [-0.05, 0) is 38.3 Å². The smallest absolute Gasteiger partial charge is 0.245 e. The van der Waals surface area contributed by atoms with Crippen molar-refractivity contribution in [3.8, 4) is 0 Å². The maximum atomic E-state index is 13.3. The van der Waals surface area contributed by atoms with E-state index in [0.717, 1.165) is 42.4 Å². The van der Waals surface area contributed by atoms with Crippen molar-refractivity contribution in [2.24, 2.45) is 0 Å². The molecule has 1 amide bonds. The van der Waals surface area contributed by atoms with E-state index in [1.165, 1.54) is 0 Å². The van der Waals surface area contributed by atoms with Crippen molar-refractivity contribution in [3.63, 3.8) is 0 Å². The van der Waals surface area contributed by atoms with Gasteiger partial charge in [0.15, 0.2) is 5.65 Å². The van der Waals surface area contributed by atoms with Crippen molar-refractivity contribution in [2.75, 3.05) is 37.7 Å². The van der Waals surface area contributed by atoms with E-state index in [-0.39, 0.29) is 11.9 Å². The minimum atomic E-state index is -0.215. The number of piperidine rings is 1. The van der Waals surface area contributed by atoms with Gasteiger partial charge in [0, 0.05) is 25.0 Å². The van der Waals surface area contributed by atoms with Crippen LogP contribution in [0.5, 0.6) is 0 Å². The highest BCUT2D eigenvalue weighted by Crippen LogP contribution is 2.28. The molecule has 2 fully saturated rings. The van der Waals surface area contributed by atoms with Crippen LogP contribution in [0.2, 0.25) is 0 Å². The van der Waals surface area contributed by atoms with Crippen molar-refractivity contribution in [2.45, 2.75) is 32.2 Å². The fraction of sp³-hybridized carbons (Fsp3) is 0.500. The fourth-order valence-corrected chi connectivity index (χ4v) is 4.25. The number of anilines is 1. The first-order valence-electron chi connectivity index (χ1n) is 9.98. The number of ether oxygens (including phenoxy) is 1. The first-order chi connectivity index (χ1) is 13.7. The van der Waals surface area contributed by atoms with E-state index >= 15 is 0 Å². The number of fused-ring (bicyclic) bond motifs is 3. The van der Waals surface area contributed by atoms with Crippen LogP contribution in [0.3, 0.4) is 0 Å². The third kappa shape index (κ3) is 2.88. The van der Waals surface area contributed by atoms with Crippen LogP contribution in [-0.4, -0.2) is 69.3 Å². The molecule has 3 aromatic rings. The summed E-state index contributed by atoms with van der Waals surface area (Å²) in [6.45, 7) is 5.22. The molecule has 4 heterocycles. The van der Waals surface area contributed by atoms with Crippen LogP contribution in [0, 0.1) is 6.92 Å². The van der Waals surface area contributed by atoms with Gasteiger partial charge >= 0.3 is 0 Å². The summed E-state index contributed by atoms with van der Waals surface area (Å²) < 4.78 is 7.22. The second-order valence-corrected chi connectivity index (χ2v) is 7.47. The first-order valence-corrected chi connectivity index (χ1v) is 9.98. The zero-order chi connectivity index (χ0) is 19.1. The maximum Gasteiger partial charge on any atom is 0.245 e. The Morgan fingerprint density at radius 1 is 1.11 bits per heavy atom. The number of nitrogens with zero attached hydrogens (tertiary/aromatic N) is 6. The highest BCUT2D eigenvalue weighted by atomic mass is 16.5. The van der Waals surface area contributed by atoms with E-state index in [9.17, 15) is 4.79 Å². The molecule has 1 atom stereocenters. The molecule has 2 aliphatic rings. The van der Waals surface area contributed by atoms with Crippen LogP contribution in [0.25, 0.3) is 16.6 Å². The van der Waals surface area contributed by atoms with Crippen LogP contribution in [0.4, 0.5) is 5.95 Å². The van der Waals surface area contributed by atoms with E-state index in [1.54, 1.807) is 0 Å². The lowest BCUT2D eigenvalue weighted by Crippen LogP contribution is -2.54. The number of carbonyl (C=O) groups excluding carboxylic acids is 1. The Morgan fingerprint density at radius 2 is 1.93 bits per heavy atom. The lowest BCUT2D eigenvalue weighted by atomic mass is 10.0. The summed E-state index contributed by atoms with van der Waals surface area (Å²) in [5, 5.41) is 5.57. The third-order valence-electron chi connectivity index (χ3n) is 5.64. The SMILES string of the molecule is Cc1nc2c3ccccc3nc(N3CCCC[C@H]3C(=O)N3CCOCC3)n2n1. The van der Waals surface area contributed by atoms with Crippen LogP contribution in [0.15, 0.2) is 24.3 Å². The van der Waals surface area contributed by atoms with Gasteiger partial charge in [0.25, 0.3) is 0 Å².